The number of ether oxygens (including phenoxy) is 1. The zero-order chi connectivity index (χ0) is 17.0. The van der Waals surface area contributed by atoms with Crippen molar-refractivity contribution in [2.45, 2.75) is 0 Å². The van der Waals surface area contributed by atoms with Crippen molar-refractivity contribution in [1.82, 2.24) is 14.7 Å². The van der Waals surface area contributed by atoms with Crippen molar-refractivity contribution >= 4 is 35.1 Å². The van der Waals surface area contributed by atoms with E-state index in [0.717, 1.165) is 0 Å². The molecule has 0 aromatic heterocycles. The Balaban J connectivity index is 1.82. The smallest absolute Gasteiger partial charge is 0.319 e. The molecule has 8 heteroatoms. The average molecular weight is 360 g/mol. The minimum atomic E-state index is -0.132. The molecule has 0 aliphatic carbocycles. The van der Waals surface area contributed by atoms with Crippen molar-refractivity contribution in [3.8, 4) is 5.75 Å². The molecule has 1 fully saturated rings. The highest BCUT2D eigenvalue weighted by atomic mass is 35.5. The Kier molecular flexibility index (Phi) is 5.96. The molecule has 1 heterocycles. The summed E-state index contributed by atoms with van der Waals surface area (Å²) in [5.74, 6) is 0.291. The van der Waals surface area contributed by atoms with Crippen LogP contribution in [0, 0.1) is 0 Å². The Bertz CT molecular complexity index is 587. The predicted molar refractivity (Wildman–Crippen MR) is 89.2 cm³/mol. The fourth-order valence-corrected chi connectivity index (χ4v) is 2.72. The largest absolute Gasteiger partial charge is 0.482 e. The van der Waals surface area contributed by atoms with Gasteiger partial charge in [0.1, 0.15) is 5.75 Å². The lowest BCUT2D eigenvalue weighted by Gasteiger charge is -2.35. The molecular formula is C15H19Cl2N3O3. The highest BCUT2D eigenvalue weighted by Gasteiger charge is 2.25. The first-order valence-corrected chi connectivity index (χ1v) is 7.96. The topological polar surface area (TPSA) is 53.1 Å². The Hall–Kier alpha value is -1.66. The molecule has 1 aromatic rings. The number of benzene rings is 1. The number of hydrogen-bond acceptors (Lipinski definition) is 3. The Morgan fingerprint density at radius 1 is 1.13 bits per heavy atom. The summed E-state index contributed by atoms with van der Waals surface area (Å²) < 4.78 is 5.45. The molecule has 0 radical (unpaired) electrons. The average Bonchev–Trinajstić information content (AvgIpc) is 2.53. The van der Waals surface area contributed by atoms with Crippen LogP contribution in [0.5, 0.6) is 5.75 Å². The molecule has 0 saturated carbocycles. The number of piperazine rings is 1. The van der Waals surface area contributed by atoms with Crippen LogP contribution < -0.4 is 4.74 Å². The number of nitrogens with zero attached hydrogens (tertiary/aromatic N) is 3. The summed E-state index contributed by atoms with van der Waals surface area (Å²) in [6.45, 7) is 1.93. The zero-order valence-corrected chi connectivity index (χ0v) is 14.6. The first-order chi connectivity index (χ1) is 10.9. The molecule has 0 spiro atoms. The van der Waals surface area contributed by atoms with E-state index < -0.39 is 0 Å². The summed E-state index contributed by atoms with van der Waals surface area (Å²) in [6, 6.07) is 4.81. The van der Waals surface area contributed by atoms with Crippen molar-refractivity contribution in [3.63, 3.8) is 0 Å². The van der Waals surface area contributed by atoms with Crippen LogP contribution in [-0.2, 0) is 4.79 Å². The van der Waals surface area contributed by atoms with Crippen LogP contribution in [0.25, 0.3) is 0 Å². The van der Waals surface area contributed by atoms with Gasteiger partial charge in [0, 0.05) is 45.3 Å². The number of carbonyl (C=O) groups is 2. The third-order valence-corrected chi connectivity index (χ3v) is 4.06. The molecule has 1 aliphatic heterocycles. The lowest BCUT2D eigenvalue weighted by molar-refractivity contribution is -0.134. The number of rotatable bonds is 3. The van der Waals surface area contributed by atoms with Crippen molar-refractivity contribution < 1.29 is 14.3 Å². The van der Waals surface area contributed by atoms with Gasteiger partial charge in [-0.3, -0.25) is 4.79 Å². The van der Waals surface area contributed by atoms with E-state index >= 15 is 0 Å². The van der Waals surface area contributed by atoms with Crippen LogP contribution in [-0.4, -0.2) is 73.5 Å². The Morgan fingerprint density at radius 2 is 1.74 bits per heavy atom. The molecule has 1 saturated heterocycles. The first-order valence-electron chi connectivity index (χ1n) is 7.20. The second-order valence-corrected chi connectivity index (χ2v) is 6.25. The fourth-order valence-electron chi connectivity index (χ4n) is 2.25. The minimum Gasteiger partial charge on any atom is -0.482 e. The quantitative estimate of drug-likeness (QED) is 0.831. The lowest BCUT2D eigenvalue weighted by atomic mass is 10.3. The van der Waals surface area contributed by atoms with Gasteiger partial charge in [-0.2, -0.15) is 0 Å². The Labute approximate surface area is 145 Å². The fraction of sp³-hybridized carbons (Fsp3) is 0.467. The SMILES string of the molecule is CN(C)C(=O)N1CCN(C(=O)COc2ccc(Cl)cc2Cl)CC1. The van der Waals surface area contributed by atoms with Crippen LogP contribution in [0.3, 0.4) is 0 Å². The van der Waals surface area contributed by atoms with Gasteiger partial charge < -0.3 is 19.4 Å². The van der Waals surface area contributed by atoms with Crippen molar-refractivity contribution in [2.24, 2.45) is 0 Å². The molecule has 3 amide bonds. The van der Waals surface area contributed by atoms with E-state index in [0.29, 0.717) is 42.0 Å². The number of carbonyl (C=O) groups excluding carboxylic acids is 2. The van der Waals surface area contributed by atoms with Gasteiger partial charge in [0.25, 0.3) is 5.91 Å². The summed E-state index contributed by atoms with van der Waals surface area (Å²) in [5, 5.41) is 0.877. The van der Waals surface area contributed by atoms with Crippen LogP contribution >= 0.6 is 23.2 Å². The van der Waals surface area contributed by atoms with Crippen LogP contribution in [0.4, 0.5) is 4.79 Å². The first kappa shape index (κ1) is 17.7. The molecule has 1 aromatic carbocycles. The molecule has 6 nitrogen and oxygen atoms in total. The lowest BCUT2D eigenvalue weighted by Crippen LogP contribution is -2.53. The normalized spacial score (nSPS) is 14.6. The summed E-state index contributed by atoms with van der Waals surface area (Å²) in [7, 11) is 3.42. The number of halogens is 2. The molecule has 0 bridgehead atoms. The van der Waals surface area contributed by atoms with E-state index in [4.69, 9.17) is 27.9 Å². The van der Waals surface area contributed by atoms with E-state index in [-0.39, 0.29) is 18.5 Å². The van der Waals surface area contributed by atoms with Gasteiger partial charge in [-0.15, -0.1) is 0 Å². The van der Waals surface area contributed by atoms with E-state index in [9.17, 15) is 9.59 Å². The Morgan fingerprint density at radius 3 is 2.30 bits per heavy atom. The molecule has 0 atom stereocenters. The van der Waals surface area contributed by atoms with Gasteiger partial charge in [0.2, 0.25) is 0 Å². The maximum atomic E-state index is 12.2. The highest BCUT2D eigenvalue weighted by Crippen LogP contribution is 2.27. The van der Waals surface area contributed by atoms with Gasteiger partial charge in [-0.25, -0.2) is 4.79 Å². The van der Waals surface area contributed by atoms with Crippen LogP contribution in [0.1, 0.15) is 0 Å². The summed E-state index contributed by atoms with van der Waals surface area (Å²) in [5.41, 5.74) is 0. The molecular weight excluding hydrogens is 341 g/mol. The van der Waals surface area contributed by atoms with Gasteiger partial charge in [0.15, 0.2) is 6.61 Å². The van der Waals surface area contributed by atoms with Crippen LogP contribution in [0.15, 0.2) is 18.2 Å². The summed E-state index contributed by atoms with van der Waals surface area (Å²) in [6.07, 6.45) is 0. The van der Waals surface area contributed by atoms with Gasteiger partial charge in [-0.05, 0) is 18.2 Å². The summed E-state index contributed by atoms with van der Waals surface area (Å²) >= 11 is 11.8. The maximum absolute atomic E-state index is 12.2. The standard InChI is InChI=1S/C15H19Cl2N3O3/c1-18(2)15(22)20-7-5-19(6-8-20)14(21)10-23-13-4-3-11(16)9-12(13)17/h3-4,9H,5-8,10H2,1-2H3. The van der Waals surface area contributed by atoms with Gasteiger partial charge >= 0.3 is 6.03 Å². The summed E-state index contributed by atoms with van der Waals surface area (Å²) in [4.78, 5) is 29.0. The highest BCUT2D eigenvalue weighted by molar-refractivity contribution is 6.35. The van der Waals surface area contributed by atoms with Gasteiger partial charge in [0.05, 0.1) is 5.02 Å². The van der Waals surface area contributed by atoms with E-state index in [2.05, 4.69) is 0 Å². The maximum Gasteiger partial charge on any atom is 0.319 e. The predicted octanol–water partition coefficient (Wildman–Crippen LogP) is 2.20. The van der Waals surface area contributed by atoms with E-state index in [1.54, 1.807) is 42.1 Å². The molecule has 23 heavy (non-hydrogen) atoms. The molecule has 0 N–H and O–H groups in total. The molecule has 2 rings (SSSR count). The number of hydrogen-bond donors (Lipinski definition) is 0. The van der Waals surface area contributed by atoms with Crippen molar-refractivity contribution in [3.05, 3.63) is 28.2 Å². The van der Waals surface area contributed by atoms with Crippen molar-refractivity contribution in [2.75, 3.05) is 46.9 Å². The van der Waals surface area contributed by atoms with Crippen molar-refractivity contribution in [1.29, 1.82) is 0 Å². The monoisotopic (exact) mass is 359 g/mol. The van der Waals surface area contributed by atoms with Gasteiger partial charge in [-0.1, -0.05) is 23.2 Å². The molecule has 1 aliphatic rings. The third-order valence-electron chi connectivity index (χ3n) is 3.53. The van der Waals surface area contributed by atoms with E-state index in [1.165, 1.54) is 4.90 Å². The molecule has 0 unspecified atom stereocenters. The number of urea groups is 1. The van der Waals surface area contributed by atoms with Crippen LogP contribution in [0.2, 0.25) is 10.0 Å². The zero-order valence-electron chi connectivity index (χ0n) is 13.1. The minimum absolute atomic E-state index is 0.0405. The second kappa shape index (κ2) is 7.75. The van der Waals surface area contributed by atoms with E-state index in [1.807, 2.05) is 0 Å². The second-order valence-electron chi connectivity index (χ2n) is 5.41. The molecule has 126 valence electrons. The third kappa shape index (κ3) is 4.65. The number of amides is 3.